The van der Waals surface area contributed by atoms with E-state index in [1.54, 1.807) is 0 Å². The number of piperidine rings is 1. The number of aromatic nitrogens is 2. The molecule has 0 radical (unpaired) electrons. The van der Waals surface area contributed by atoms with E-state index < -0.39 is 0 Å². The largest absolute Gasteiger partial charge is 0.368 e. The maximum Gasteiger partial charge on any atom is 0.266 e. The maximum atomic E-state index is 11.5. The summed E-state index contributed by atoms with van der Waals surface area (Å²) >= 11 is 2.03. The van der Waals surface area contributed by atoms with Crippen LogP contribution in [-0.2, 0) is 0 Å². The normalized spacial score (nSPS) is 23.9. The average Bonchev–Trinajstić information content (AvgIpc) is 2.41. The number of nitrogens with zero attached hydrogens (tertiary/aromatic N) is 1. The SMILES string of the molecule is CCC1(CNc2nc[nH]c(=O)c2I)CCCNC1. The summed E-state index contributed by atoms with van der Waals surface area (Å²) in [6.45, 7) is 5.24. The third kappa shape index (κ3) is 3.03. The predicted molar refractivity (Wildman–Crippen MR) is 80.9 cm³/mol. The van der Waals surface area contributed by atoms with E-state index in [9.17, 15) is 4.79 Å². The molecule has 5 nitrogen and oxygen atoms in total. The molecule has 1 saturated heterocycles. The molecule has 1 fully saturated rings. The van der Waals surface area contributed by atoms with Gasteiger partial charge in [0, 0.05) is 13.1 Å². The molecule has 1 aromatic heterocycles. The maximum absolute atomic E-state index is 11.5. The quantitative estimate of drug-likeness (QED) is 0.712. The fourth-order valence-corrected chi connectivity index (χ4v) is 2.87. The van der Waals surface area contributed by atoms with Gasteiger partial charge in [-0.05, 0) is 53.8 Å². The van der Waals surface area contributed by atoms with Crippen LogP contribution in [0.4, 0.5) is 5.82 Å². The van der Waals surface area contributed by atoms with Crippen molar-refractivity contribution in [3.63, 3.8) is 0 Å². The first-order chi connectivity index (χ1) is 8.67. The van der Waals surface area contributed by atoms with Gasteiger partial charge in [-0.15, -0.1) is 0 Å². The molecular weight excluding hydrogens is 343 g/mol. The van der Waals surface area contributed by atoms with Crippen LogP contribution in [0.25, 0.3) is 0 Å². The molecule has 2 rings (SSSR count). The zero-order chi connectivity index (χ0) is 13.0. The topological polar surface area (TPSA) is 69.8 Å². The molecule has 1 aliphatic heterocycles. The van der Waals surface area contributed by atoms with Crippen molar-refractivity contribution in [1.29, 1.82) is 0 Å². The Balaban J connectivity index is 2.05. The second-order valence-corrected chi connectivity index (χ2v) is 5.96. The lowest BCUT2D eigenvalue weighted by Gasteiger charge is -2.37. The summed E-state index contributed by atoms with van der Waals surface area (Å²) in [5.41, 5.74) is 0.200. The van der Waals surface area contributed by atoms with Crippen molar-refractivity contribution in [3.05, 3.63) is 20.3 Å². The lowest BCUT2D eigenvalue weighted by atomic mass is 9.78. The van der Waals surface area contributed by atoms with Gasteiger partial charge < -0.3 is 15.6 Å². The molecule has 3 N–H and O–H groups in total. The number of hydrogen-bond acceptors (Lipinski definition) is 4. The Kier molecular flexibility index (Phi) is 4.60. The fourth-order valence-electron chi connectivity index (χ4n) is 2.39. The molecule has 1 aromatic rings. The van der Waals surface area contributed by atoms with Crippen molar-refractivity contribution in [3.8, 4) is 0 Å². The highest BCUT2D eigenvalue weighted by Crippen LogP contribution is 2.30. The smallest absolute Gasteiger partial charge is 0.266 e. The number of hydrogen-bond donors (Lipinski definition) is 3. The molecule has 0 saturated carbocycles. The van der Waals surface area contributed by atoms with E-state index in [0.717, 1.165) is 26.1 Å². The van der Waals surface area contributed by atoms with Crippen molar-refractivity contribution in [1.82, 2.24) is 15.3 Å². The minimum absolute atomic E-state index is 0.0829. The Morgan fingerprint density at radius 1 is 1.61 bits per heavy atom. The molecule has 6 heteroatoms. The monoisotopic (exact) mass is 362 g/mol. The van der Waals surface area contributed by atoms with Crippen LogP contribution < -0.4 is 16.2 Å². The first-order valence-electron chi connectivity index (χ1n) is 6.35. The van der Waals surface area contributed by atoms with Crippen LogP contribution in [0.5, 0.6) is 0 Å². The van der Waals surface area contributed by atoms with Crippen LogP contribution in [-0.4, -0.2) is 29.6 Å². The minimum atomic E-state index is -0.0829. The minimum Gasteiger partial charge on any atom is -0.368 e. The van der Waals surface area contributed by atoms with Crippen molar-refractivity contribution >= 4 is 28.4 Å². The Morgan fingerprint density at radius 3 is 3.11 bits per heavy atom. The summed E-state index contributed by atoms with van der Waals surface area (Å²) in [4.78, 5) is 18.3. The van der Waals surface area contributed by atoms with E-state index >= 15 is 0 Å². The van der Waals surface area contributed by atoms with Gasteiger partial charge in [0.2, 0.25) is 0 Å². The van der Waals surface area contributed by atoms with Crippen LogP contribution in [0.1, 0.15) is 26.2 Å². The van der Waals surface area contributed by atoms with Gasteiger partial charge >= 0.3 is 0 Å². The summed E-state index contributed by atoms with van der Waals surface area (Å²) in [5.74, 6) is 0.692. The number of nitrogens with one attached hydrogen (secondary N) is 3. The molecule has 0 aromatic carbocycles. The average molecular weight is 362 g/mol. The lowest BCUT2D eigenvalue weighted by Crippen LogP contribution is -2.44. The first kappa shape index (κ1) is 13.8. The molecule has 0 bridgehead atoms. The molecule has 2 heterocycles. The summed E-state index contributed by atoms with van der Waals surface area (Å²) < 4.78 is 0.630. The number of halogens is 1. The highest BCUT2D eigenvalue weighted by molar-refractivity contribution is 14.1. The van der Waals surface area contributed by atoms with Crippen LogP contribution in [0.15, 0.2) is 11.1 Å². The predicted octanol–water partition coefficient (Wildman–Crippen LogP) is 1.57. The molecule has 1 unspecified atom stereocenters. The van der Waals surface area contributed by atoms with Crippen LogP contribution >= 0.6 is 22.6 Å². The molecule has 100 valence electrons. The standard InChI is InChI=1S/C12H19IN4O/c1-2-12(4-3-5-14-6-12)7-15-10-9(13)11(18)17-8-16-10/h8,14H,2-7H2,1H3,(H2,15,16,17,18). The van der Waals surface area contributed by atoms with Crippen LogP contribution in [0.3, 0.4) is 0 Å². The van der Waals surface area contributed by atoms with Gasteiger partial charge in [0.25, 0.3) is 5.56 Å². The second kappa shape index (κ2) is 6.01. The highest BCUT2D eigenvalue weighted by Gasteiger charge is 2.30. The fraction of sp³-hybridized carbons (Fsp3) is 0.667. The molecule has 18 heavy (non-hydrogen) atoms. The van der Waals surface area contributed by atoms with E-state index in [-0.39, 0.29) is 11.0 Å². The van der Waals surface area contributed by atoms with Gasteiger partial charge in [0.1, 0.15) is 9.39 Å². The van der Waals surface area contributed by atoms with E-state index in [0.29, 0.717) is 9.39 Å². The van der Waals surface area contributed by atoms with E-state index in [2.05, 4.69) is 27.5 Å². The second-order valence-electron chi connectivity index (χ2n) is 4.88. The van der Waals surface area contributed by atoms with E-state index in [1.165, 1.54) is 19.2 Å². The highest BCUT2D eigenvalue weighted by atomic mass is 127. The molecule has 1 atom stereocenters. The van der Waals surface area contributed by atoms with Gasteiger partial charge in [0.15, 0.2) is 0 Å². The third-order valence-corrected chi connectivity index (χ3v) is 4.74. The molecule has 0 aliphatic carbocycles. The molecule has 0 amide bonds. The Hall–Kier alpha value is -0.630. The van der Waals surface area contributed by atoms with Crippen molar-refractivity contribution < 1.29 is 0 Å². The number of aromatic amines is 1. The van der Waals surface area contributed by atoms with Crippen molar-refractivity contribution in [2.45, 2.75) is 26.2 Å². The Labute approximate surface area is 120 Å². The van der Waals surface area contributed by atoms with Gasteiger partial charge in [-0.1, -0.05) is 6.92 Å². The van der Waals surface area contributed by atoms with Crippen molar-refractivity contribution in [2.75, 3.05) is 25.0 Å². The Bertz CT molecular complexity index is 454. The van der Waals surface area contributed by atoms with E-state index in [1.807, 2.05) is 22.6 Å². The first-order valence-corrected chi connectivity index (χ1v) is 7.42. The zero-order valence-corrected chi connectivity index (χ0v) is 12.7. The molecular formula is C12H19IN4O. The number of H-pyrrole nitrogens is 1. The zero-order valence-electron chi connectivity index (χ0n) is 10.6. The molecule has 1 aliphatic rings. The van der Waals surface area contributed by atoms with Crippen molar-refractivity contribution in [2.24, 2.45) is 5.41 Å². The van der Waals surface area contributed by atoms with Gasteiger partial charge in [-0.25, -0.2) is 4.98 Å². The summed E-state index contributed by atoms with van der Waals surface area (Å²) in [7, 11) is 0. The van der Waals surface area contributed by atoms with Crippen LogP contribution in [0, 0.1) is 8.99 Å². The van der Waals surface area contributed by atoms with Gasteiger partial charge in [0.05, 0.1) is 6.33 Å². The lowest BCUT2D eigenvalue weighted by molar-refractivity contribution is 0.216. The summed E-state index contributed by atoms with van der Waals surface area (Å²) in [6, 6.07) is 0. The van der Waals surface area contributed by atoms with E-state index in [4.69, 9.17) is 0 Å². The number of rotatable bonds is 4. The van der Waals surface area contributed by atoms with Crippen LogP contribution in [0.2, 0.25) is 0 Å². The summed E-state index contributed by atoms with van der Waals surface area (Å²) in [6.07, 6.45) is 5.02. The van der Waals surface area contributed by atoms with Gasteiger partial charge in [-0.2, -0.15) is 0 Å². The third-order valence-electron chi connectivity index (χ3n) is 3.74. The summed E-state index contributed by atoms with van der Waals surface area (Å²) in [5, 5.41) is 6.80. The number of anilines is 1. The molecule has 0 spiro atoms. The Morgan fingerprint density at radius 2 is 2.44 bits per heavy atom. The van der Waals surface area contributed by atoms with Gasteiger partial charge in [-0.3, -0.25) is 4.79 Å².